The number of nitro benzene ring substituents is 1. The second-order valence-electron chi connectivity index (χ2n) is 4.98. The largest absolute Gasteiger partial charge is 0.352 e. The lowest BCUT2D eigenvalue weighted by atomic mass is 10.2. The molecule has 2 N–H and O–H groups in total. The Bertz CT molecular complexity index is 790. The molecule has 0 spiro atoms. The average Bonchev–Trinajstić information content (AvgIpc) is 2.62. The van der Waals surface area contributed by atoms with E-state index in [-0.39, 0.29) is 30.1 Å². The zero-order chi connectivity index (χ0) is 18.1. The van der Waals surface area contributed by atoms with Gasteiger partial charge in [0, 0.05) is 24.6 Å². The number of hydrogen-bond donors (Lipinski definition) is 2. The molecule has 0 aliphatic rings. The summed E-state index contributed by atoms with van der Waals surface area (Å²) in [6.45, 7) is 0.153. The molecule has 0 aliphatic carbocycles. The first-order chi connectivity index (χ1) is 12.1. The molecule has 0 unspecified atom stereocenters. The lowest BCUT2D eigenvalue weighted by Crippen LogP contribution is -2.28. The Morgan fingerprint density at radius 3 is 2.48 bits per heavy atom. The lowest BCUT2D eigenvalue weighted by Gasteiger charge is -2.04. The topological polar surface area (TPSA) is 114 Å². The van der Waals surface area contributed by atoms with Gasteiger partial charge in [-0.15, -0.1) is 0 Å². The summed E-state index contributed by atoms with van der Waals surface area (Å²) in [4.78, 5) is 33.8. The second kappa shape index (κ2) is 8.92. The Balaban J connectivity index is 1.78. The summed E-state index contributed by atoms with van der Waals surface area (Å²) in [6, 6.07) is 14.7. The van der Waals surface area contributed by atoms with Gasteiger partial charge in [-0.2, -0.15) is 5.10 Å². The van der Waals surface area contributed by atoms with Crippen LogP contribution in [0.4, 0.5) is 5.69 Å². The number of rotatable bonds is 7. The Hall–Kier alpha value is -3.55. The van der Waals surface area contributed by atoms with Crippen molar-refractivity contribution < 1.29 is 14.5 Å². The van der Waals surface area contributed by atoms with Crippen LogP contribution in [0.15, 0.2) is 59.7 Å². The highest BCUT2D eigenvalue weighted by Gasteiger charge is 2.10. The van der Waals surface area contributed by atoms with Gasteiger partial charge in [-0.3, -0.25) is 19.7 Å². The Morgan fingerprint density at radius 2 is 1.76 bits per heavy atom. The molecule has 0 saturated carbocycles. The van der Waals surface area contributed by atoms with Crippen LogP contribution in [0.2, 0.25) is 0 Å². The number of hydrogen-bond acceptors (Lipinski definition) is 5. The van der Waals surface area contributed by atoms with Crippen LogP contribution in [0, 0.1) is 10.1 Å². The predicted octanol–water partition coefficient (Wildman–Crippen LogP) is 1.86. The number of benzene rings is 2. The van der Waals surface area contributed by atoms with E-state index in [1.165, 1.54) is 18.3 Å². The number of nitrogens with zero attached hydrogens (tertiary/aromatic N) is 2. The van der Waals surface area contributed by atoms with Gasteiger partial charge in [0.05, 0.1) is 16.7 Å². The molecule has 0 aliphatic heterocycles. The minimum atomic E-state index is -0.526. The molecule has 0 atom stereocenters. The number of amides is 2. The molecule has 2 aromatic rings. The van der Waals surface area contributed by atoms with Gasteiger partial charge in [-0.05, 0) is 18.2 Å². The van der Waals surface area contributed by atoms with E-state index in [0.717, 1.165) is 0 Å². The fourth-order valence-electron chi connectivity index (χ4n) is 1.97. The number of carbonyl (C=O) groups excluding carboxylic acids is 2. The third kappa shape index (κ3) is 5.54. The third-order valence-electron chi connectivity index (χ3n) is 3.20. The van der Waals surface area contributed by atoms with Gasteiger partial charge in [0.2, 0.25) is 5.91 Å². The van der Waals surface area contributed by atoms with E-state index < -0.39 is 10.8 Å². The first-order valence-corrected chi connectivity index (χ1v) is 7.46. The van der Waals surface area contributed by atoms with Gasteiger partial charge < -0.3 is 5.32 Å². The van der Waals surface area contributed by atoms with E-state index >= 15 is 0 Å². The summed E-state index contributed by atoms with van der Waals surface area (Å²) in [5.74, 6) is -0.681. The van der Waals surface area contributed by atoms with Crippen molar-refractivity contribution in [3.63, 3.8) is 0 Å². The normalized spacial score (nSPS) is 10.4. The van der Waals surface area contributed by atoms with Crippen LogP contribution in [-0.2, 0) is 4.79 Å². The van der Waals surface area contributed by atoms with Crippen LogP contribution in [-0.4, -0.2) is 29.5 Å². The SMILES string of the molecule is O=C(CCNC(=O)c1ccccc1)N/N=C\c1ccccc1[N+](=O)[O-]. The Labute approximate surface area is 143 Å². The monoisotopic (exact) mass is 340 g/mol. The van der Waals surface area contributed by atoms with Crippen LogP contribution in [0.3, 0.4) is 0 Å². The first-order valence-electron chi connectivity index (χ1n) is 7.46. The van der Waals surface area contributed by atoms with Gasteiger partial charge in [-0.25, -0.2) is 5.43 Å². The maximum absolute atomic E-state index is 11.8. The molecule has 8 heteroatoms. The molecule has 25 heavy (non-hydrogen) atoms. The molecule has 0 heterocycles. The summed E-state index contributed by atoms with van der Waals surface area (Å²) >= 11 is 0. The maximum Gasteiger partial charge on any atom is 0.278 e. The molecule has 0 radical (unpaired) electrons. The van der Waals surface area contributed by atoms with Crippen molar-refractivity contribution in [1.29, 1.82) is 0 Å². The molecule has 2 amide bonds. The van der Waals surface area contributed by atoms with E-state index in [9.17, 15) is 19.7 Å². The highest BCUT2D eigenvalue weighted by atomic mass is 16.6. The van der Waals surface area contributed by atoms with E-state index in [1.807, 2.05) is 0 Å². The van der Waals surface area contributed by atoms with Crippen molar-refractivity contribution >= 4 is 23.7 Å². The number of carbonyl (C=O) groups is 2. The minimum absolute atomic E-state index is 0.0345. The summed E-state index contributed by atoms with van der Waals surface area (Å²) in [6.07, 6.45) is 1.24. The third-order valence-corrected chi connectivity index (χ3v) is 3.20. The second-order valence-corrected chi connectivity index (χ2v) is 4.98. The minimum Gasteiger partial charge on any atom is -0.352 e. The molecule has 0 bridgehead atoms. The van der Waals surface area contributed by atoms with Crippen molar-refractivity contribution in [2.24, 2.45) is 5.10 Å². The standard InChI is InChI=1S/C17H16N4O4/c22-16(10-11-18-17(23)13-6-2-1-3-7-13)20-19-12-14-8-4-5-9-15(14)21(24)25/h1-9,12H,10-11H2,(H,18,23)(H,20,22)/b19-12-. The number of para-hydroxylation sites is 1. The number of hydrazone groups is 1. The van der Waals surface area contributed by atoms with Crippen LogP contribution >= 0.6 is 0 Å². The van der Waals surface area contributed by atoms with Crippen molar-refractivity contribution in [1.82, 2.24) is 10.7 Å². The summed E-state index contributed by atoms with van der Waals surface area (Å²) in [7, 11) is 0. The molecular formula is C17H16N4O4. The van der Waals surface area contributed by atoms with Crippen molar-refractivity contribution in [3.8, 4) is 0 Å². The van der Waals surface area contributed by atoms with Crippen LogP contribution < -0.4 is 10.7 Å². The van der Waals surface area contributed by atoms with Crippen LogP contribution in [0.1, 0.15) is 22.3 Å². The maximum atomic E-state index is 11.8. The smallest absolute Gasteiger partial charge is 0.278 e. The van der Waals surface area contributed by atoms with Gasteiger partial charge in [0.1, 0.15) is 0 Å². The van der Waals surface area contributed by atoms with Gasteiger partial charge in [0.25, 0.3) is 11.6 Å². The molecule has 0 fully saturated rings. The molecule has 2 aromatic carbocycles. The molecule has 2 rings (SSSR count). The quantitative estimate of drug-likeness (QED) is 0.455. The lowest BCUT2D eigenvalue weighted by molar-refractivity contribution is -0.385. The molecule has 0 aromatic heterocycles. The summed E-state index contributed by atoms with van der Waals surface area (Å²) in [5.41, 5.74) is 2.96. The predicted molar refractivity (Wildman–Crippen MR) is 92.2 cm³/mol. The van der Waals surface area contributed by atoms with Crippen molar-refractivity contribution in [3.05, 3.63) is 75.8 Å². The fourth-order valence-corrected chi connectivity index (χ4v) is 1.97. The van der Waals surface area contributed by atoms with E-state index in [2.05, 4.69) is 15.8 Å². The van der Waals surface area contributed by atoms with E-state index in [0.29, 0.717) is 5.56 Å². The number of nitro groups is 1. The molecule has 0 saturated heterocycles. The molecule has 128 valence electrons. The Kier molecular flexibility index (Phi) is 6.35. The highest BCUT2D eigenvalue weighted by molar-refractivity contribution is 5.94. The zero-order valence-electron chi connectivity index (χ0n) is 13.2. The van der Waals surface area contributed by atoms with E-state index in [4.69, 9.17) is 0 Å². The zero-order valence-corrected chi connectivity index (χ0v) is 13.2. The summed E-state index contributed by atoms with van der Waals surface area (Å²) < 4.78 is 0. The van der Waals surface area contributed by atoms with Crippen molar-refractivity contribution in [2.45, 2.75) is 6.42 Å². The summed E-state index contributed by atoms with van der Waals surface area (Å²) in [5, 5.41) is 17.2. The van der Waals surface area contributed by atoms with Gasteiger partial charge >= 0.3 is 0 Å². The van der Waals surface area contributed by atoms with Gasteiger partial charge in [-0.1, -0.05) is 30.3 Å². The van der Waals surface area contributed by atoms with Crippen molar-refractivity contribution in [2.75, 3.05) is 6.54 Å². The van der Waals surface area contributed by atoms with Crippen LogP contribution in [0.5, 0.6) is 0 Å². The first kappa shape index (κ1) is 17.8. The van der Waals surface area contributed by atoms with Gasteiger partial charge in [0.15, 0.2) is 0 Å². The number of nitrogens with one attached hydrogen (secondary N) is 2. The average molecular weight is 340 g/mol. The molecular weight excluding hydrogens is 324 g/mol. The van der Waals surface area contributed by atoms with Crippen LogP contribution in [0.25, 0.3) is 0 Å². The molecule has 8 nitrogen and oxygen atoms in total. The Morgan fingerprint density at radius 1 is 1.08 bits per heavy atom. The highest BCUT2D eigenvalue weighted by Crippen LogP contribution is 2.14. The van der Waals surface area contributed by atoms with E-state index in [1.54, 1.807) is 42.5 Å². The fraction of sp³-hybridized carbons (Fsp3) is 0.118.